The van der Waals surface area contributed by atoms with Crippen molar-refractivity contribution in [2.24, 2.45) is 0 Å². The van der Waals surface area contributed by atoms with E-state index in [1.165, 1.54) is 18.6 Å². The predicted molar refractivity (Wildman–Crippen MR) is 67.3 cm³/mol. The number of nitrogens with zero attached hydrogens (tertiary/aromatic N) is 2. The highest BCUT2D eigenvalue weighted by molar-refractivity contribution is 5.59. The van der Waals surface area contributed by atoms with Gasteiger partial charge in [-0.3, -0.25) is 10.1 Å². The Labute approximate surface area is 105 Å². The van der Waals surface area contributed by atoms with Gasteiger partial charge in [0.1, 0.15) is 11.6 Å². The SMILES string of the molecule is N#Cc1ccc(NCC2CCCN2)cc1[N+](=O)[O-]. The van der Waals surface area contributed by atoms with Crippen LogP contribution in [0.25, 0.3) is 0 Å². The molecule has 1 fully saturated rings. The van der Waals surface area contributed by atoms with Gasteiger partial charge in [-0.25, -0.2) is 0 Å². The third kappa shape index (κ3) is 2.76. The molecule has 0 aliphatic carbocycles. The summed E-state index contributed by atoms with van der Waals surface area (Å²) < 4.78 is 0. The van der Waals surface area contributed by atoms with Gasteiger partial charge in [0, 0.05) is 24.3 Å². The molecule has 1 unspecified atom stereocenters. The van der Waals surface area contributed by atoms with E-state index in [0.29, 0.717) is 11.7 Å². The van der Waals surface area contributed by atoms with Crippen molar-refractivity contribution in [3.8, 4) is 6.07 Å². The second-order valence-corrected chi connectivity index (χ2v) is 4.28. The van der Waals surface area contributed by atoms with Crippen molar-refractivity contribution in [2.75, 3.05) is 18.4 Å². The molecular formula is C12H14N4O2. The normalized spacial score (nSPS) is 18.3. The Bertz CT molecular complexity index is 489. The minimum Gasteiger partial charge on any atom is -0.383 e. The Morgan fingerprint density at radius 1 is 1.61 bits per heavy atom. The van der Waals surface area contributed by atoms with E-state index in [1.807, 2.05) is 6.07 Å². The first-order valence-corrected chi connectivity index (χ1v) is 5.86. The molecule has 0 amide bonds. The van der Waals surface area contributed by atoms with Gasteiger partial charge < -0.3 is 10.6 Å². The first-order chi connectivity index (χ1) is 8.70. The van der Waals surface area contributed by atoms with Gasteiger partial charge in [0.05, 0.1) is 4.92 Å². The van der Waals surface area contributed by atoms with E-state index in [4.69, 9.17) is 5.26 Å². The van der Waals surface area contributed by atoms with Crippen molar-refractivity contribution in [1.29, 1.82) is 5.26 Å². The number of benzene rings is 1. The second kappa shape index (κ2) is 5.47. The lowest BCUT2D eigenvalue weighted by atomic mass is 10.1. The van der Waals surface area contributed by atoms with Crippen LogP contribution >= 0.6 is 0 Å². The maximum Gasteiger partial charge on any atom is 0.289 e. The summed E-state index contributed by atoms with van der Waals surface area (Å²) in [6.07, 6.45) is 2.28. The number of hydrogen-bond donors (Lipinski definition) is 2. The van der Waals surface area contributed by atoms with Crippen LogP contribution in [0.1, 0.15) is 18.4 Å². The van der Waals surface area contributed by atoms with E-state index in [9.17, 15) is 10.1 Å². The Morgan fingerprint density at radius 2 is 2.44 bits per heavy atom. The van der Waals surface area contributed by atoms with Crippen molar-refractivity contribution in [3.63, 3.8) is 0 Å². The smallest absolute Gasteiger partial charge is 0.289 e. The Balaban J connectivity index is 2.07. The summed E-state index contributed by atoms with van der Waals surface area (Å²) in [4.78, 5) is 10.3. The van der Waals surface area contributed by atoms with E-state index in [0.717, 1.165) is 19.5 Å². The van der Waals surface area contributed by atoms with Crippen molar-refractivity contribution in [1.82, 2.24) is 5.32 Å². The van der Waals surface area contributed by atoms with E-state index >= 15 is 0 Å². The lowest BCUT2D eigenvalue weighted by Crippen LogP contribution is -2.29. The molecule has 0 radical (unpaired) electrons. The molecule has 1 saturated heterocycles. The van der Waals surface area contributed by atoms with Crippen LogP contribution in [0.15, 0.2) is 18.2 Å². The number of nitro groups is 1. The molecule has 1 aliphatic rings. The van der Waals surface area contributed by atoms with Crippen molar-refractivity contribution in [3.05, 3.63) is 33.9 Å². The van der Waals surface area contributed by atoms with Crippen LogP contribution in [-0.2, 0) is 0 Å². The number of nitriles is 1. The minimum absolute atomic E-state index is 0.0875. The minimum atomic E-state index is -0.530. The van der Waals surface area contributed by atoms with Gasteiger partial charge in [-0.1, -0.05) is 0 Å². The molecule has 0 aromatic heterocycles. The molecule has 1 aliphatic heterocycles. The van der Waals surface area contributed by atoms with Gasteiger partial charge in [0.15, 0.2) is 0 Å². The van der Waals surface area contributed by atoms with E-state index in [1.54, 1.807) is 6.07 Å². The standard InChI is InChI=1S/C12H14N4O2/c13-7-9-3-4-10(6-12(9)16(17)18)15-8-11-2-1-5-14-11/h3-4,6,11,14-15H,1-2,5,8H2. The molecule has 0 spiro atoms. The molecule has 2 rings (SSSR count). The molecule has 1 aromatic carbocycles. The summed E-state index contributed by atoms with van der Waals surface area (Å²) >= 11 is 0. The molecule has 6 heteroatoms. The van der Waals surface area contributed by atoms with Crippen LogP contribution in [0.4, 0.5) is 11.4 Å². The lowest BCUT2D eigenvalue weighted by molar-refractivity contribution is -0.385. The van der Waals surface area contributed by atoms with Crippen LogP contribution < -0.4 is 10.6 Å². The maximum absolute atomic E-state index is 10.8. The number of rotatable bonds is 4. The monoisotopic (exact) mass is 246 g/mol. The lowest BCUT2D eigenvalue weighted by Gasteiger charge is -2.12. The highest BCUT2D eigenvalue weighted by atomic mass is 16.6. The van der Waals surface area contributed by atoms with E-state index in [-0.39, 0.29) is 11.3 Å². The Hall–Kier alpha value is -2.13. The highest BCUT2D eigenvalue weighted by Gasteiger charge is 2.16. The fraction of sp³-hybridized carbons (Fsp3) is 0.417. The Morgan fingerprint density at radius 3 is 3.06 bits per heavy atom. The maximum atomic E-state index is 10.8. The first kappa shape index (κ1) is 12.3. The average Bonchev–Trinajstić information content (AvgIpc) is 2.89. The van der Waals surface area contributed by atoms with Crippen LogP contribution in [0.3, 0.4) is 0 Å². The largest absolute Gasteiger partial charge is 0.383 e. The third-order valence-corrected chi connectivity index (χ3v) is 3.03. The van der Waals surface area contributed by atoms with Gasteiger partial charge in [-0.2, -0.15) is 5.26 Å². The summed E-state index contributed by atoms with van der Waals surface area (Å²) in [7, 11) is 0. The van der Waals surface area contributed by atoms with Gasteiger partial charge in [0.25, 0.3) is 5.69 Å². The van der Waals surface area contributed by atoms with Gasteiger partial charge in [0.2, 0.25) is 0 Å². The zero-order chi connectivity index (χ0) is 13.0. The summed E-state index contributed by atoms with van der Waals surface area (Å²) in [5.74, 6) is 0. The fourth-order valence-corrected chi connectivity index (χ4v) is 2.06. The van der Waals surface area contributed by atoms with Gasteiger partial charge >= 0.3 is 0 Å². The zero-order valence-electron chi connectivity index (χ0n) is 9.85. The fourth-order valence-electron chi connectivity index (χ4n) is 2.06. The molecule has 6 nitrogen and oxygen atoms in total. The number of nitrogens with one attached hydrogen (secondary N) is 2. The Kier molecular flexibility index (Phi) is 3.75. The summed E-state index contributed by atoms with van der Waals surface area (Å²) in [5.41, 5.74) is 0.612. The topological polar surface area (TPSA) is 91.0 Å². The van der Waals surface area contributed by atoms with Crippen molar-refractivity contribution < 1.29 is 4.92 Å². The van der Waals surface area contributed by atoms with Crippen molar-refractivity contribution >= 4 is 11.4 Å². The third-order valence-electron chi connectivity index (χ3n) is 3.03. The zero-order valence-corrected chi connectivity index (χ0v) is 9.85. The molecule has 1 atom stereocenters. The number of anilines is 1. The molecule has 94 valence electrons. The first-order valence-electron chi connectivity index (χ1n) is 5.86. The molecular weight excluding hydrogens is 232 g/mol. The highest BCUT2D eigenvalue weighted by Crippen LogP contribution is 2.22. The number of hydrogen-bond acceptors (Lipinski definition) is 5. The molecule has 0 bridgehead atoms. The summed E-state index contributed by atoms with van der Waals surface area (Å²) in [6.45, 7) is 1.77. The van der Waals surface area contributed by atoms with Crippen molar-refractivity contribution in [2.45, 2.75) is 18.9 Å². The molecule has 0 saturated carbocycles. The molecule has 1 heterocycles. The van der Waals surface area contributed by atoms with Crippen LogP contribution in [0, 0.1) is 21.4 Å². The molecule has 2 N–H and O–H groups in total. The van der Waals surface area contributed by atoms with Crippen LogP contribution in [-0.4, -0.2) is 24.1 Å². The summed E-state index contributed by atoms with van der Waals surface area (Å²) in [5, 5.41) is 26.1. The predicted octanol–water partition coefficient (Wildman–Crippen LogP) is 1.63. The van der Waals surface area contributed by atoms with Crippen LogP contribution in [0.5, 0.6) is 0 Å². The van der Waals surface area contributed by atoms with Gasteiger partial charge in [-0.05, 0) is 31.5 Å². The van der Waals surface area contributed by atoms with E-state index in [2.05, 4.69) is 10.6 Å². The summed E-state index contributed by atoms with van der Waals surface area (Å²) in [6, 6.07) is 6.82. The van der Waals surface area contributed by atoms with Gasteiger partial charge in [-0.15, -0.1) is 0 Å². The quantitative estimate of drug-likeness (QED) is 0.622. The van der Waals surface area contributed by atoms with Crippen LogP contribution in [0.2, 0.25) is 0 Å². The molecule has 1 aromatic rings. The molecule has 18 heavy (non-hydrogen) atoms. The van der Waals surface area contributed by atoms with E-state index < -0.39 is 4.92 Å². The average molecular weight is 246 g/mol. The number of nitro benzene ring substituents is 1. The second-order valence-electron chi connectivity index (χ2n) is 4.28.